The minimum Gasteiger partial charge on any atom is -0.480 e. The second kappa shape index (κ2) is 3.86. The molecule has 0 aromatic carbocycles. The van der Waals surface area contributed by atoms with Crippen molar-refractivity contribution in [3.05, 3.63) is 0 Å². The number of aliphatic carboxylic acids is 1. The molecule has 5 nitrogen and oxygen atoms in total. The summed E-state index contributed by atoms with van der Waals surface area (Å²) in [5.41, 5.74) is 0.179. The summed E-state index contributed by atoms with van der Waals surface area (Å²) in [4.78, 5) is 10.1. The van der Waals surface area contributed by atoms with E-state index in [-0.39, 0.29) is 11.2 Å². The van der Waals surface area contributed by atoms with Crippen LogP contribution in [0, 0.1) is 5.41 Å². The van der Waals surface area contributed by atoms with E-state index < -0.39 is 22.5 Å². The van der Waals surface area contributed by atoms with Crippen molar-refractivity contribution in [2.24, 2.45) is 5.41 Å². The van der Waals surface area contributed by atoms with Crippen LogP contribution in [0.2, 0.25) is 0 Å². The highest BCUT2D eigenvalue weighted by atomic mass is 32.2. The molecule has 1 aliphatic rings. The van der Waals surface area contributed by atoms with Gasteiger partial charge in [-0.1, -0.05) is 6.92 Å². The van der Waals surface area contributed by atoms with E-state index in [2.05, 4.69) is 0 Å². The van der Waals surface area contributed by atoms with Crippen molar-refractivity contribution in [3.8, 4) is 0 Å². The minimum absolute atomic E-state index is 0.0246. The molecule has 0 amide bonds. The number of rotatable bonds is 6. The fraction of sp³-hybridized carbons (Fsp3) is 0.875. The third-order valence-corrected chi connectivity index (χ3v) is 3.85. The van der Waals surface area contributed by atoms with E-state index in [1.807, 2.05) is 11.6 Å². The smallest absolute Gasteiger partial charge is 0.318 e. The normalized spacial score (nSPS) is 19.2. The molecule has 0 unspecified atom stereocenters. The minimum atomic E-state index is -3.40. The van der Waals surface area contributed by atoms with E-state index in [0.717, 1.165) is 12.8 Å². The van der Waals surface area contributed by atoms with Crippen molar-refractivity contribution in [1.29, 1.82) is 0 Å². The first kappa shape index (κ1) is 11.5. The van der Waals surface area contributed by atoms with Crippen molar-refractivity contribution in [1.82, 2.24) is 4.72 Å². The first-order valence-electron chi connectivity index (χ1n) is 4.52. The van der Waals surface area contributed by atoms with Gasteiger partial charge in [0.05, 0.1) is 5.75 Å². The lowest BCUT2D eigenvalue weighted by molar-refractivity contribution is -0.135. The van der Waals surface area contributed by atoms with Crippen molar-refractivity contribution >= 4 is 16.0 Å². The molecule has 1 fully saturated rings. The van der Waals surface area contributed by atoms with Gasteiger partial charge in [-0.05, 0) is 24.7 Å². The van der Waals surface area contributed by atoms with Crippen molar-refractivity contribution < 1.29 is 18.3 Å². The Kier molecular flexibility index (Phi) is 3.16. The molecule has 82 valence electrons. The van der Waals surface area contributed by atoms with E-state index in [1.165, 1.54) is 0 Å². The molecule has 0 spiro atoms. The van der Waals surface area contributed by atoms with Crippen molar-refractivity contribution in [2.45, 2.75) is 26.2 Å². The Morgan fingerprint density at radius 3 is 2.50 bits per heavy atom. The molecule has 0 radical (unpaired) electrons. The molecule has 0 aliphatic heterocycles. The number of nitrogens with one attached hydrogen (secondary N) is 1. The molecule has 0 aromatic rings. The van der Waals surface area contributed by atoms with Crippen LogP contribution in [-0.2, 0) is 14.8 Å². The number of sulfonamides is 1. The fourth-order valence-corrected chi connectivity index (χ4v) is 2.34. The van der Waals surface area contributed by atoms with Gasteiger partial charge in [-0.3, -0.25) is 4.79 Å². The highest BCUT2D eigenvalue weighted by molar-refractivity contribution is 7.89. The Balaban J connectivity index is 2.30. The predicted molar refractivity (Wildman–Crippen MR) is 51.4 cm³/mol. The van der Waals surface area contributed by atoms with Gasteiger partial charge in [-0.25, -0.2) is 13.1 Å². The van der Waals surface area contributed by atoms with E-state index in [1.54, 1.807) is 0 Å². The maximum Gasteiger partial charge on any atom is 0.318 e. The Morgan fingerprint density at radius 1 is 1.50 bits per heavy atom. The summed E-state index contributed by atoms with van der Waals surface area (Å²) in [5.74, 6) is -1.14. The Hall–Kier alpha value is -0.620. The van der Waals surface area contributed by atoms with Crippen LogP contribution in [0.4, 0.5) is 0 Å². The molecule has 0 atom stereocenters. The standard InChI is InChI=1S/C8H15NO4S/c1-8(2-3-8)4-5-14(12,13)9-6-7(10)11/h9H,2-6H2,1H3,(H,10,11). The lowest BCUT2D eigenvalue weighted by Gasteiger charge is -2.08. The molecule has 1 aliphatic carbocycles. The second-order valence-corrected chi connectivity index (χ2v) is 6.02. The summed E-state index contributed by atoms with van der Waals surface area (Å²) in [7, 11) is -3.40. The van der Waals surface area contributed by atoms with E-state index in [4.69, 9.17) is 5.11 Å². The van der Waals surface area contributed by atoms with Crippen LogP contribution in [0.15, 0.2) is 0 Å². The monoisotopic (exact) mass is 221 g/mol. The Bertz CT molecular complexity index is 318. The maximum absolute atomic E-state index is 11.2. The number of carboxylic acid groups (broad SMARTS) is 1. The number of carbonyl (C=O) groups is 1. The first-order chi connectivity index (χ1) is 6.33. The Labute approximate surface area is 83.6 Å². The molecule has 0 heterocycles. The number of hydrogen-bond acceptors (Lipinski definition) is 3. The maximum atomic E-state index is 11.2. The zero-order chi connectivity index (χ0) is 10.8. The third-order valence-electron chi connectivity index (χ3n) is 2.52. The van der Waals surface area contributed by atoms with Crippen LogP contribution in [0.5, 0.6) is 0 Å². The van der Waals surface area contributed by atoms with Gasteiger partial charge in [0.2, 0.25) is 10.0 Å². The quantitative estimate of drug-likeness (QED) is 0.670. The van der Waals surface area contributed by atoms with Gasteiger partial charge >= 0.3 is 5.97 Å². The van der Waals surface area contributed by atoms with Crippen LogP contribution < -0.4 is 4.72 Å². The largest absolute Gasteiger partial charge is 0.480 e. The molecular formula is C8H15NO4S. The highest BCUT2D eigenvalue weighted by Gasteiger charge is 2.37. The van der Waals surface area contributed by atoms with Crippen LogP contribution in [-0.4, -0.2) is 31.8 Å². The Morgan fingerprint density at radius 2 is 2.07 bits per heavy atom. The van der Waals surface area contributed by atoms with Gasteiger partial charge in [-0.15, -0.1) is 0 Å². The summed E-state index contributed by atoms with van der Waals surface area (Å²) >= 11 is 0. The van der Waals surface area contributed by atoms with Gasteiger partial charge in [0.15, 0.2) is 0 Å². The predicted octanol–water partition coefficient (Wildman–Crippen LogP) is 0.181. The third kappa shape index (κ3) is 4.06. The van der Waals surface area contributed by atoms with Crippen LogP contribution >= 0.6 is 0 Å². The summed E-state index contributed by atoms with van der Waals surface area (Å²) in [5, 5.41) is 8.29. The molecule has 1 rings (SSSR count). The average molecular weight is 221 g/mol. The molecule has 14 heavy (non-hydrogen) atoms. The highest BCUT2D eigenvalue weighted by Crippen LogP contribution is 2.48. The zero-order valence-corrected chi connectivity index (χ0v) is 8.93. The molecule has 2 N–H and O–H groups in total. The van der Waals surface area contributed by atoms with Crippen molar-refractivity contribution in [2.75, 3.05) is 12.3 Å². The number of carboxylic acids is 1. The van der Waals surface area contributed by atoms with Gasteiger partial charge in [0.1, 0.15) is 6.54 Å². The molecule has 0 aromatic heterocycles. The van der Waals surface area contributed by atoms with E-state index in [9.17, 15) is 13.2 Å². The molecule has 0 bridgehead atoms. The summed E-state index contributed by atoms with van der Waals surface area (Å²) in [6.45, 7) is 1.51. The SMILES string of the molecule is CC1(CCS(=O)(=O)NCC(=O)O)CC1. The lowest BCUT2D eigenvalue weighted by Crippen LogP contribution is -2.31. The van der Waals surface area contributed by atoms with Gasteiger partial charge in [0, 0.05) is 0 Å². The zero-order valence-electron chi connectivity index (χ0n) is 8.12. The summed E-state index contributed by atoms with van der Waals surface area (Å²) in [6.07, 6.45) is 2.75. The van der Waals surface area contributed by atoms with E-state index >= 15 is 0 Å². The topological polar surface area (TPSA) is 83.5 Å². The summed E-state index contributed by atoms with van der Waals surface area (Å²) < 4.78 is 24.5. The van der Waals surface area contributed by atoms with Gasteiger partial charge in [0.25, 0.3) is 0 Å². The average Bonchev–Trinajstić information content (AvgIpc) is 2.79. The lowest BCUT2D eigenvalue weighted by atomic mass is 10.1. The van der Waals surface area contributed by atoms with Gasteiger partial charge in [-0.2, -0.15) is 0 Å². The fourth-order valence-electron chi connectivity index (χ4n) is 1.09. The second-order valence-electron chi connectivity index (χ2n) is 4.09. The van der Waals surface area contributed by atoms with Crippen LogP contribution in [0.25, 0.3) is 0 Å². The molecular weight excluding hydrogens is 206 g/mol. The summed E-state index contributed by atoms with van der Waals surface area (Å²) in [6, 6.07) is 0. The van der Waals surface area contributed by atoms with Crippen LogP contribution in [0.3, 0.4) is 0 Å². The number of hydrogen-bond donors (Lipinski definition) is 2. The molecule has 6 heteroatoms. The molecule has 1 saturated carbocycles. The van der Waals surface area contributed by atoms with Crippen LogP contribution in [0.1, 0.15) is 26.2 Å². The van der Waals surface area contributed by atoms with E-state index in [0.29, 0.717) is 6.42 Å². The molecule has 0 saturated heterocycles. The van der Waals surface area contributed by atoms with Crippen molar-refractivity contribution in [3.63, 3.8) is 0 Å². The van der Waals surface area contributed by atoms with Gasteiger partial charge < -0.3 is 5.11 Å². The first-order valence-corrected chi connectivity index (χ1v) is 6.17.